The topological polar surface area (TPSA) is 98.1 Å². The van der Waals surface area contributed by atoms with Gasteiger partial charge in [0.1, 0.15) is 12.1 Å². The van der Waals surface area contributed by atoms with E-state index in [1.807, 2.05) is 50.2 Å². The van der Waals surface area contributed by atoms with E-state index in [0.717, 1.165) is 22.4 Å². The molecule has 2 aromatic carbocycles. The number of anilines is 2. The standard InChI is InChI=1S/C21H21N5O3/c1-13-6-7-14(2)17(8-13)24-20(28)11-29-16-5-3-4-15(9-16)18-10-19(27)25-21-22-12-23-26(18)21/h3-9,12,18H,10-11H2,1-2H3,(H,24,28)(H,22,23,25,27)/t18-/m0/s1. The van der Waals surface area contributed by atoms with Crippen LogP contribution >= 0.6 is 0 Å². The molecule has 2 heterocycles. The van der Waals surface area contributed by atoms with Gasteiger partial charge in [-0.15, -0.1) is 0 Å². The number of nitrogens with zero attached hydrogens (tertiary/aromatic N) is 3. The average molecular weight is 391 g/mol. The number of carbonyl (C=O) groups excluding carboxylic acids is 2. The molecule has 1 aliphatic rings. The summed E-state index contributed by atoms with van der Waals surface area (Å²) in [4.78, 5) is 28.3. The molecule has 0 bridgehead atoms. The van der Waals surface area contributed by atoms with Gasteiger partial charge in [0.05, 0.1) is 12.5 Å². The fourth-order valence-corrected chi connectivity index (χ4v) is 3.28. The highest BCUT2D eigenvalue weighted by Gasteiger charge is 2.27. The summed E-state index contributed by atoms with van der Waals surface area (Å²) in [7, 11) is 0. The molecule has 3 aromatic rings. The van der Waals surface area contributed by atoms with Crippen LogP contribution in [0.1, 0.15) is 29.2 Å². The first-order valence-corrected chi connectivity index (χ1v) is 9.29. The molecule has 1 aliphatic heterocycles. The summed E-state index contributed by atoms with van der Waals surface area (Å²) in [5.41, 5.74) is 3.70. The van der Waals surface area contributed by atoms with Crippen molar-refractivity contribution in [2.75, 3.05) is 17.2 Å². The number of benzene rings is 2. The molecule has 29 heavy (non-hydrogen) atoms. The van der Waals surface area contributed by atoms with Crippen molar-refractivity contribution in [3.05, 3.63) is 65.5 Å². The van der Waals surface area contributed by atoms with Crippen LogP contribution in [0, 0.1) is 13.8 Å². The lowest BCUT2D eigenvalue weighted by molar-refractivity contribution is -0.118. The monoisotopic (exact) mass is 391 g/mol. The lowest BCUT2D eigenvalue weighted by Gasteiger charge is -2.24. The fourth-order valence-electron chi connectivity index (χ4n) is 3.28. The largest absolute Gasteiger partial charge is 0.484 e. The highest BCUT2D eigenvalue weighted by atomic mass is 16.5. The number of rotatable bonds is 5. The van der Waals surface area contributed by atoms with Crippen molar-refractivity contribution in [1.82, 2.24) is 14.8 Å². The van der Waals surface area contributed by atoms with E-state index in [2.05, 4.69) is 20.7 Å². The number of ether oxygens (including phenoxy) is 1. The Bertz CT molecular complexity index is 1080. The third-order valence-corrected chi connectivity index (χ3v) is 4.78. The third kappa shape index (κ3) is 4.11. The van der Waals surface area contributed by atoms with Crippen molar-refractivity contribution in [3.63, 3.8) is 0 Å². The molecule has 1 atom stereocenters. The maximum atomic E-state index is 12.3. The smallest absolute Gasteiger partial charge is 0.262 e. The highest BCUT2D eigenvalue weighted by molar-refractivity contribution is 5.92. The number of amides is 2. The third-order valence-electron chi connectivity index (χ3n) is 4.78. The van der Waals surface area contributed by atoms with E-state index in [-0.39, 0.29) is 30.9 Å². The molecule has 1 aromatic heterocycles. The van der Waals surface area contributed by atoms with Gasteiger partial charge in [-0.25, -0.2) is 4.68 Å². The molecule has 148 valence electrons. The Morgan fingerprint density at radius 2 is 2.14 bits per heavy atom. The molecule has 8 nitrogen and oxygen atoms in total. The van der Waals surface area contributed by atoms with Crippen LogP contribution in [0.3, 0.4) is 0 Å². The molecular formula is C21H21N5O3. The first-order chi connectivity index (χ1) is 14.0. The molecule has 0 radical (unpaired) electrons. The molecule has 4 rings (SSSR count). The van der Waals surface area contributed by atoms with Gasteiger partial charge in [-0.1, -0.05) is 24.3 Å². The van der Waals surface area contributed by atoms with Gasteiger partial charge in [0.2, 0.25) is 11.9 Å². The van der Waals surface area contributed by atoms with Gasteiger partial charge >= 0.3 is 0 Å². The lowest BCUT2D eigenvalue weighted by Crippen LogP contribution is -2.29. The van der Waals surface area contributed by atoms with Crippen molar-refractivity contribution in [2.24, 2.45) is 0 Å². The lowest BCUT2D eigenvalue weighted by atomic mass is 10.0. The van der Waals surface area contributed by atoms with E-state index in [9.17, 15) is 9.59 Å². The summed E-state index contributed by atoms with van der Waals surface area (Å²) in [5, 5.41) is 9.77. The van der Waals surface area contributed by atoms with Crippen molar-refractivity contribution < 1.29 is 14.3 Å². The molecule has 8 heteroatoms. The van der Waals surface area contributed by atoms with E-state index in [0.29, 0.717) is 11.7 Å². The molecule has 0 saturated heterocycles. The minimum Gasteiger partial charge on any atom is -0.484 e. The molecule has 2 N–H and O–H groups in total. The zero-order valence-corrected chi connectivity index (χ0v) is 16.2. The zero-order chi connectivity index (χ0) is 20.4. The Morgan fingerprint density at radius 1 is 1.28 bits per heavy atom. The first-order valence-electron chi connectivity index (χ1n) is 9.29. The SMILES string of the molecule is Cc1ccc(C)c(NC(=O)COc2cccc([C@@H]3CC(=O)Nc4ncnn43)c2)c1. The predicted molar refractivity (Wildman–Crippen MR) is 108 cm³/mol. The summed E-state index contributed by atoms with van der Waals surface area (Å²) < 4.78 is 7.35. The van der Waals surface area contributed by atoms with Crippen LogP contribution < -0.4 is 15.4 Å². The van der Waals surface area contributed by atoms with E-state index in [4.69, 9.17) is 4.74 Å². The Labute approximate surface area is 167 Å². The van der Waals surface area contributed by atoms with E-state index in [1.165, 1.54) is 6.33 Å². The van der Waals surface area contributed by atoms with Crippen LogP contribution in [-0.4, -0.2) is 33.2 Å². The molecule has 0 spiro atoms. The second kappa shape index (κ2) is 7.75. The van der Waals surface area contributed by atoms with Crippen LogP contribution in [0.15, 0.2) is 48.8 Å². The van der Waals surface area contributed by atoms with Crippen LogP contribution in [0.4, 0.5) is 11.6 Å². The predicted octanol–water partition coefficient (Wildman–Crippen LogP) is 2.84. The molecule has 2 amide bonds. The molecule has 0 unspecified atom stereocenters. The molecule has 0 fully saturated rings. The highest BCUT2D eigenvalue weighted by Crippen LogP contribution is 2.30. The number of hydrogen-bond donors (Lipinski definition) is 2. The molecule has 0 aliphatic carbocycles. The second-order valence-corrected chi connectivity index (χ2v) is 7.02. The van der Waals surface area contributed by atoms with Gasteiger partial charge in [0.15, 0.2) is 6.61 Å². The van der Waals surface area contributed by atoms with Gasteiger partial charge in [-0.2, -0.15) is 10.1 Å². The normalized spacial score (nSPS) is 15.4. The van der Waals surface area contributed by atoms with Gasteiger partial charge in [0, 0.05) is 5.69 Å². The van der Waals surface area contributed by atoms with Crippen LogP contribution in [-0.2, 0) is 9.59 Å². The quantitative estimate of drug-likeness (QED) is 0.697. The summed E-state index contributed by atoms with van der Waals surface area (Å²) >= 11 is 0. The number of fused-ring (bicyclic) bond motifs is 1. The minimum atomic E-state index is -0.270. The van der Waals surface area contributed by atoms with Crippen molar-refractivity contribution in [1.29, 1.82) is 0 Å². The minimum absolute atomic E-state index is 0.115. The van der Waals surface area contributed by atoms with Crippen LogP contribution in [0.25, 0.3) is 0 Å². The van der Waals surface area contributed by atoms with E-state index >= 15 is 0 Å². The van der Waals surface area contributed by atoms with Crippen molar-refractivity contribution in [3.8, 4) is 5.75 Å². The maximum Gasteiger partial charge on any atom is 0.262 e. The second-order valence-electron chi connectivity index (χ2n) is 7.02. The number of aryl methyl sites for hydroxylation is 2. The molecular weight excluding hydrogens is 370 g/mol. The number of hydrogen-bond acceptors (Lipinski definition) is 5. The zero-order valence-electron chi connectivity index (χ0n) is 16.2. The van der Waals surface area contributed by atoms with E-state index < -0.39 is 0 Å². The van der Waals surface area contributed by atoms with Gasteiger partial charge in [-0.05, 0) is 48.7 Å². The van der Waals surface area contributed by atoms with Crippen LogP contribution in [0.5, 0.6) is 5.75 Å². The van der Waals surface area contributed by atoms with Gasteiger partial charge in [0.25, 0.3) is 5.91 Å². The fraction of sp³-hybridized carbons (Fsp3) is 0.238. The van der Waals surface area contributed by atoms with Gasteiger partial charge < -0.3 is 10.1 Å². The summed E-state index contributed by atoms with van der Waals surface area (Å²) in [6, 6.07) is 13.0. The Kier molecular flexibility index (Phi) is 4.99. The first kappa shape index (κ1) is 18.7. The number of nitrogens with one attached hydrogen (secondary N) is 2. The van der Waals surface area contributed by atoms with Crippen molar-refractivity contribution >= 4 is 23.5 Å². The summed E-state index contributed by atoms with van der Waals surface area (Å²) in [5.74, 6) is 0.617. The summed E-state index contributed by atoms with van der Waals surface area (Å²) in [6.07, 6.45) is 1.67. The maximum absolute atomic E-state index is 12.3. The van der Waals surface area contributed by atoms with Gasteiger partial charge in [-0.3, -0.25) is 14.9 Å². The van der Waals surface area contributed by atoms with E-state index in [1.54, 1.807) is 10.7 Å². The average Bonchev–Trinajstić information content (AvgIpc) is 3.17. The number of carbonyl (C=O) groups is 2. The number of aromatic nitrogens is 3. The summed E-state index contributed by atoms with van der Waals surface area (Å²) in [6.45, 7) is 3.80. The Balaban J connectivity index is 1.44. The Hall–Kier alpha value is -3.68. The van der Waals surface area contributed by atoms with Crippen LogP contribution in [0.2, 0.25) is 0 Å². The molecule has 0 saturated carbocycles. The Morgan fingerprint density at radius 3 is 3.00 bits per heavy atom. The van der Waals surface area contributed by atoms with Crippen molar-refractivity contribution in [2.45, 2.75) is 26.3 Å².